The van der Waals surface area contributed by atoms with E-state index in [0.29, 0.717) is 24.3 Å². The van der Waals surface area contributed by atoms with Crippen molar-refractivity contribution >= 4 is 11.9 Å². The molecule has 194 valence electrons. The van der Waals surface area contributed by atoms with Crippen LogP contribution in [-0.4, -0.2) is 65.2 Å². The number of benzene rings is 1. The van der Waals surface area contributed by atoms with E-state index in [-0.39, 0.29) is 18.0 Å². The van der Waals surface area contributed by atoms with Crippen LogP contribution in [0.1, 0.15) is 69.7 Å². The zero-order valence-corrected chi connectivity index (χ0v) is 20.7. The van der Waals surface area contributed by atoms with E-state index < -0.39 is 30.4 Å². The van der Waals surface area contributed by atoms with Crippen LogP contribution in [0.5, 0.6) is 5.75 Å². The Balaban J connectivity index is 1.37. The van der Waals surface area contributed by atoms with Crippen LogP contribution in [0.2, 0.25) is 0 Å². The molecule has 2 aromatic rings. The van der Waals surface area contributed by atoms with Gasteiger partial charge in [0, 0.05) is 37.2 Å². The average Bonchev–Trinajstić information content (AvgIpc) is 3.36. The Morgan fingerprint density at radius 1 is 1.31 bits per heavy atom. The number of carbonyl (C=O) groups excluding carboxylic acids is 1. The number of halogens is 1. The van der Waals surface area contributed by atoms with Crippen LogP contribution < -0.4 is 15.0 Å². The zero-order valence-electron chi connectivity index (χ0n) is 20.7. The Hall–Kier alpha value is -2.72. The van der Waals surface area contributed by atoms with Crippen molar-refractivity contribution in [3.8, 4) is 5.75 Å². The number of nitrogens with zero attached hydrogens (tertiary/aromatic N) is 3. The van der Waals surface area contributed by atoms with Gasteiger partial charge in [-0.25, -0.2) is 4.39 Å². The van der Waals surface area contributed by atoms with Crippen molar-refractivity contribution in [2.24, 2.45) is 5.92 Å². The van der Waals surface area contributed by atoms with Gasteiger partial charge < -0.3 is 29.7 Å². The number of rotatable bonds is 12. The van der Waals surface area contributed by atoms with Crippen molar-refractivity contribution in [1.29, 1.82) is 0 Å². The monoisotopic (exact) mass is 492 g/mol. The second kappa shape index (κ2) is 12.8. The minimum atomic E-state index is -1.04. The molecule has 1 aliphatic heterocycles. The lowest BCUT2D eigenvalue weighted by molar-refractivity contribution is -0.122. The third kappa shape index (κ3) is 7.63. The zero-order chi connectivity index (χ0) is 25.4. The lowest BCUT2D eigenvalue weighted by Gasteiger charge is -2.30. The first-order valence-corrected chi connectivity index (χ1v) is 12.4. The minimum Gasteiger partial charge on any atom is -0.493 e. The van der Waals surface area contributed by atoms with Gasteiger partial charge in [-0.05, 0) is 44.6 Å². The number of aromatic nitrogens is 2. The maximum Gasteiger partial charge on any atom is 0.324 e. The summed E-state index contributed by atoms with van der Waals surface area (Å²) in [6.07, 6.45) is 2.98. The number of nitrogens with one attached hydrogen (secondary N) is 1. The van der Waals surface area contributed by atoms with Gasteiger partial charge in [0.1, 0.15) is 11.6 Å². The summed E-state index contributed by atoms with van der Waals surface area (Å²) in [6, 6.07) is 5.13. The molecule has 1 aromatic carbocycles. The fourth-order valence-corrected chi connectivity index (χ4v) is 4.09. The number of hydrogen-bond donors (Lipinski definition) is 3. The Kier molecular flexibility index (Phi) is 9.85. The summed E-state index contributed by atoms with van der Waals surface area (Å²) in [5.74, 6) is 0.351. The molecule has 0 aliphatic carbocycles. The number of amides is 1. The molecule has 1 aliphatic rings. The van der Waals surface area contributed by atoms with Gasteiger partial charge in [-0.15, -0.1) is 0 Å². The highest BCUT2D eigenvalue weighted by atomic mass is 19.1. The van der Waals surface area contributed by atoms with Crippen LogP contribution in [0, 0.1) is 11.7 Å². The van der Waals surface area contributed by atoms with E-state index in [1.54, 1.807) is 19.1 Å². The summed E-state index contributed by atoms with van der Waals surface area (Å²) in [5, 5.41) is 24.7. The van der Waals surface area contributed by atoms with E-state index >= 15 is 0 Å². The van der Waals surface area contributed by atoms with E-state index in [0.717, 1.165) is 44.6 Å². The summed E-state index contributed by atoms with van der Waals surface area (Å²) < 4.78 is 25.7. The van der Waals surface area contributed by atoms with Crippen LogP contribution >= 0.6 is 0 Å². The number of ether oxygens (including phenoxy) is 1. The maximum absolute atomic E-state index is 14.6. The van der Waals surface area contributed by atoms with Crippen LogP contribution in [-0.2, 0) is 4.79 Å². The van der Waals surface area contributed by atoms with Crippen molar-refractivity contribution in [3.63, 3.8) is 0 Å². The molecule has 3 N–H and O–H groups in total. The first kappa shape index (κ1) is 26.9. The molecule has 2 heterocycles. The molecule has 0 saturated carbocycles. The fraction of sp³-hybridized carbons (Fsp3) is 0.640. The molecule has 0 bridgehead atoms. The second-order valence-corrected chi connectivity index (χ2v) is 9.50. The van der Waals surface area contributed by atoms with Gasteiger partial charge in [0.05, 0.1) is 25.2 Å². The van der Waals surface area contributed by atoms with Gasteiger partial charge in [0.2, 0.25) is 5.91 Å². The second-order valence-electron chi connectivity index (χ2n) is 9.50. The molecule has 1 saturated heterocycles. The number of anilines is 1. The van der Waals surface area contributed by atoms with Gasteiger partial charge >= 0.3 is 6.01 Å². The molecule has 1 unspecified atom stereocenters. The molecular weight excluding hydrogens is 455 g/mol. The fourth-order valence-electron chi connectivity index (χ4n) is 4.09. The molecule has 1 fully saturated rings. The predicted octanol–water partition coefficient (Wildman–Crippen LogP) is 2.98. The van der Waals surface area contributed by atoms with Crippen LogP contribution in [0.15, 0.2) is 22.7 Å². The number of carbonyl (C=O) groups is 1. The first-order chi connectivity index (χ1) is 16.8. The van der Waals surface area contributed by atoms with E-state index in [1.807, 2.05) is 13.8 Å². The quantitative estimate of drug-likeness (QED) is 0.387. The Morgan fingerprint density at radius 3 is 2.69 bits per heavy atom. The summed E-state index contributed by atoms with van der Waals surface area (Å²) >= 11 is 0. The van der Waals surface area contributed by atoms with Gasteiger partial charge in [-0.1, -0.05) is 25.1 Å². The summed E-state index contributed by atoms with van der Waals surface area (Å²) in [5.41, 5.74) is 0.252. The highest BCUT2D eigenvalue weighted by Crippen LogP contribution is 2.27. The van der Waals surface area contributed by atoms with Crippen LogP contribution in [0.25, 0.3) is 0 Å². The lowest BCUT2D eigenvalue weighted by Crippen LogP contribution is -2.36. The Bertz CT molecular complexity index is 946. The van der Waals surface area contributed by atoms with E-state index in [1.165, 1.54) is 6.07 Å². The molecule has 1 amide bonds. The maximum atomic E-state index is 14.6. The third-order valence-electron chi connectivity index (χ3n) is 6.41. The molecule has 10 heteroatoms. The third-order valence-corrected chi connectivity index (χ3v) is 6.41. The lowest BCUT2D eigenvalue weighted by atomic mass is 9.92. The van der Waals surface area contributed by atoms with Crippen LogP contribution in [0.4, 0.5) is 10.4 Å². The molecular formula is C25H37FN4O5. The Morgan fingerprint density at radius 2 is 2.06 bits per heavy atom. The largest absolute Gasteiger partial charge is 0.493 e. The summed E-state index contributed by atoms with van der Waals surface area (Å²) in [6.45, 7) is 7.42. The van der Waals surface area contributed by atoms with Gasteiger partial charge in [-0.2, -0.15) is 4.98 Å². The van der Waals surface area contributed by atoms with Crippen molar-refractivity contribution in [2.75, 3.05) is 37.7 Å². The van der Waals surface area contributed by atoms with Gasteiger partial charge in [0.25, 0.3) is 0 Å². The van der Waals surface area contributed by atoms with E-state index in [4.69, 9.17) is 14.4 Å². The number of aliphatic hydroxyl groups is 2. The number of piperidine rings is 1. The number of hydrogen-bond acceptors (Lipinski definition) is 8. The van der Waals surface area contributed by atoms with Crippen molar-refractivity contribution in [1.82, 2.24) is 15.5 Å². The molecule has 0 spiro atoms. The van der Waals surface area contributed by atoms with E-state index in [2.05, 4.69) is 20.4 Å². The van der Waals surface area contributed by atoms with Gasteiger partial charge in [-0.3, -0.25) is 4.79 Å². The van der Waals surface area contributed by atoms with E-state index in [9.17, 15) is 14.3 Å². The predicted molar refractivity (Wildman–Crippen MR) is 129 cm³/mol. The molecule has 3 rings (SSSR count). The Labute approximate surface area is 205 Å². The summed E-state index contributed by atoms with van der Waals surface area (Å²) in [4.78, 5) is 18.8. The smallest absolute Gasteiger partial charge is 0.324 e. The highest BCUT2D eigenvalue weighted by molar-refractivity contribution is 5.83. The molecule has 9 nitrogen and oxygen atoms in total. The van der Waals surface area contributed by atoms with Gasteiger partial charge in [0.15, 0.2) is 5.82 Å². The highest BCUT2D eigenvalue weighted by Gasteiger charge is 2.24. The SMILES string of the molecule is CC(C)c1noc(N2CCC(CCCOc3ccc(C(C)C(=O)NC[C@@H](O)CO)c(F)c3)CC2)n1. The topological polar surface area (TPSA) is 121 Å². The molecule has 0 radical (unpaired) electrons. The normalized spacial score (nSPS) is 16.4. The minimum absolute atomic E-state index is 0.0858. The van der Waals surface area contributed by atoms with Crippen molar-refractivity contribution < 1.29 is 28.7 Å². The molecule has 1 aromatic heterocycles. The van der Waals surface area contributed by atoms with Crippen molar-refractivity contribution in [3.05, 3.63) is 35.4 Å². The van der Waals surface area contributed by atoms with Crippen molar-refractivity contribution in [2.45, 2.75) is 64.4 Å². The average molecular weight is 493 g/mol. The molecule has 35 heavy (non-hydrogen) atoms. The standard InChI is InChI=1S/C25H37FN4O5/c1-16(2)23-28-25(35-29-23)30-10-8-18(9-11-30)5-4-12-34-20-6-7-21(22(26)13-20)17(3)24(33)27-14-19(32)15-31/h6-7,13,16-19,31-32H,4-5,8-12,14-15H2,1-3H3,(H,27,33)/t17?,19-/m1/s1. The molecule has 2 atom stereocenters. The van der Waals surface area contributed by atoms with Crippen LogP contribution in [0.3, 0.4) is 0 Å². The first-order valence-electron chi connectivity index (χ1n) is 12.4. The summed E-state index contributed by atoms with van der Waals surface area (Å²) in [7, 11) is 0. The number of aliphatic hydroxyl groups excluding tert-OH is 2.